The summed E-state index contributed by atoms with van der Waals surface area (Å²) >= 11 is 5.81. The summed E-state index contributed by atoms with van der Waals surface area (Å²) in [5.41, 5.74) is 1.09. The van der Waals surface area contributed by atoms with Crippen LogP contribution in [0.2, 0.25) is 5.02 Å². The van der Waals surface area contributed by atoms with Gasteiger partial charge in [0.2, 0.25) is 0 Å². The van der Waals surface area contributed by atoms with Crippen molar-refractivity contribution in [2.45, 2.75) is 13.0 Å². The molecule has 124 valence electrons. The Kier molecular flexibility index (Phi) is 5.72. The van der Waals surface area contributed by atoms with Crippen LogP contribution in [-0.2, 0) is 9.53 Å². The first-order chi connectivity index (χ1) is 11.5. The zero-order valence-electron chi connectivity index (χ0n) is 13.0. The molecule has 0 radical (unpaired) electrons. The second-order valence-electron chi connectivity index (χ2n) is 4.70. The Morgan fingerprint density at radius 3 is 2.75 bits per heavy atom. The fraction of sp³-hybridized carbons (Fsp3) is 0.235. The average Bonchev–Trinajstić information content (AvgIpc) is 2.58. The van der Waals surface area contributed by atoms with Gasteiger partial charge in [0.1, 0.15) is 23.0 Å². The lowest BCUT2D eigenvalue weighted by Gasteiger charge is -2.11. The normalized spacial score (nSPS) is 11.5. The molecule has 5 nitrogen and oxygen atoms in total. The predicted octanol–water partition coefficient (Wildman–Crippen LogP) is 4.07. The molecule has 0 aliphatic rings. The van der Waals surface area contributed by atoms with Crippen molar-refractivity contribution in [2.24, 2.45) is 0 Å². The van der Waals surface area contributed by atoms with E-state index >= 15 is 0 Å². The molecular weight excluding hydrogens is 335 g/mol. The Labute approximate surface area is 143 Å². The number of rotatable bonds is 5. The van der Waals surface area contributed by atoms with Gasteiger partial charge in [-0.25, -0.2) is 20.7 Å². The van der Waals surface area contributed by atoms with Crippen molar-refractivity contribution in [1.82, 2.24) is 4.98 Å². The maximum absolute atomic E-state index is 13.4. The molecule has 0 saturated heterocycles. The molecule has 1 atom stereocenters. The molecule has 1 aromatic heterocycles. The van der Waals surface area contributed by atoms with Crippen LogP contribution >= 0.6 is 11.6 Å². The summed E-state index contributed by atoms with van der Waals surface area (Å²) in [5, 5.41) is -0.0612. The van der Waals surface area contributed by atoms with Gasteiger partial charge in [-0.3, -0.25) is 4.85 Å². The summed E-state index contributed by atoms with van der Waals surface area (Å²) in [5.74, 6) is -0.816. The monoisotopic (exact) mass is 348 g/mol. The van der Waals surface area contributed by atoms with E-state index in [2.05, 4.69) is 9.83 Å². The smallest absolute Gasteiger partial charge is 0.397 e. The lowest BCUT2D eigenvalue weighted by molar-refractivity contribution is -0.143. The van der Waals surface area contributed by atoms with Gasteiger partial charge in [-0.15, -0.1) is 0 Å². The van der Waals surface area contributed by atoms with E-state index in [-0.39, 0.29) is 17.3 Å². The Morgan fingerprint density at radius 2 is 2.17 bits per heavy atom. The van der Waals surface area contributed by atoms with E-state index in [1.807, 2.05) is 0 Å². The van der Waals surface area contributed by atoms with E-state index in [4.69, 9.17) is 27.6 Å². The Morgan fingerprint density at radius 1 is 1.42 bits per heavy atom. The standard InChI is InChI=1S/C17H14ClFN2O3/c1-4-24-17(22)16(20-2)13-7-8-14(23-3)15(21-13)10-5-6-12(19)11(18)9-10/h5-9,16H,4H2,1,3H3. The molecule has 0 saturated carbocycles. The number of hydrogen-bond acceptors (Lipinski definition) is 4. The second-order valence-corrected chi connectivity index (χ2v) is 5.11. The predicted molar refractivity (Wildman–Crippen MR) is 87.2 cm³/mol. The Bertz CT molecular complexity index is 805. The molecule has 0 amide bonds. The quantitative estimate of drug-likeness (QED) is 0.603. The highest BCUT2D eigenvalue weighted by Crippen LogP contribution is 2.32. The largest absolute Gasteiger partial charge is 0.494 e. The van der Waals surface area contributed by atoms with Crippen molar-refractivity contribution < 1.29 is 18.7 Å². The Balaban J connectivity index is 2.53. The first-order valence-corrected chi connectivity index (χ1v) is 7.43. The molecule has 1 aromatic carbocycles. The van der Waals surface area contributed by atoms with Gasteiger partial charge in [0.05, 0.1) is 18.7 Å². The molecule has 0 spiro atoms. The highest BCUT2D eigenvalue weighted by Gasteiger charge is 2.30. The first-order valence-electron chi connectivity index (χ1n) is 7.05. The molecule has 24 heavy (non-hydrogen) atoms. The van der Waals surface area contributed by atoms with Gasteiger partial charge in [-0.2, -0.15) is 0 Å². The SMILES string of the molecule is [C-]#[N+]C(C(=O)OCC)c1ccc(OC)c(-c2ccc(F)c(Cl)c2)n1. The lowest BCUT2D eigenvalue weighted by atomic mass is 10.1. The fourth-order valence-corrected chi connectivity index (χ4v) is 2.27. The second kappa shape index (κ2) is 7.75. The molecule has 0 aliphatic heterocycles. The third-order valence-corrected chi connectivity index (χ3v) is 3.50. The molecule has 0 aliphatic carbocycles. The van der Waals surface area contributed by atoms with Gasteiger partial charge in [0.25, 0.3) is 0 Å². The summed E-state index contributed by atoms with van der Waals surface area (Å²) in [6, 6.07) is 6.05. The number of esters is 1. The van der Waals surface area contributed by atoms with Crippen molar-refractivity contribution >= 4 is 17.6 Å². The zero-order chi connectivity index (χ0) is 17.7. The Hall–Kier alpha value is -2.65. The number of nitrogens with zero attached hydrogens (tertiary/aromatic N) is 2. The molecule has 0 fully saturated rings. The number of hydrogen-bond donors (Lipinski definition) is 0. The van der Waals surface area contributed by atoms with E-state index in [1.54, 1.807) is 13.0 Å². The van der Waals surface area contributed by atoms with Crippen molar-refractivity contribution in [2.75, 3.05) is 13.7 Å². The summed E-state index contributed by atoms with van der Waals surface area (Å²) in [6.45, 7) is 9.05. The van der Waals surface area contributed by atoms with Gasteiger partial charge in [-0.05, 0) is 37.3 Å². The van der Waals surface area contributed by atoms with Crippen LogP contribution in [0.25, 0.3) is 16.1 Å². The van der Waals surface area contributed by atoms with Gasteiger partial charge in [0, 0.05) is 5.56 Å². The average molecular weight is 349 g/mol. The minimum absolute atomic E-state index is 0.0612. The van der Waals surface area contributed by atoms with E-state index in [9.17, 15) is 9.18 Å². The lowest BCUT2D eigenvalue weighted by Crippen LogP contribution is -2.14. The zero-order valence-corrected chi connectivity index (χ0v) is 13.8. The summed E-state index contributed by atoms with van der Waals surface area (Å²) in [7, 11) is 1.46. The third-order valence-electron chi connectivity index (χ3n) is 3.21. The maximum Gasteiger partial charge on any atom is 0.397 e. The molecule has 0 N–H and O–H groups in total. The van der Waals surface area contributed by atoms with E-state index in [0.717, 1.165) is 0 Å². The van der Waals surface area contributed by atoms with Crippen LogP contribution in [0.3, 0.4) is 0 Å². The molecule has 2 aromatic rings. The minimum Gasteiger partial charge on any atom is -0.494 e. The van der Waals surface area contributed by atoms with Gasteiger partial charge in [0.15, 0.2) is 0 Å². The molecular formula is C17H14ClFN2O3. The van der Waals surface area contributed by atoms with Crippen LogP contribution in [0, 0.1) is 12.4 Å². The molecule has 2 rings (SSSR count). The number of carbonyl (C=O) groups is 1. The van der Waals surface area contributed by atoms with Crippen molar-refractivity contribution in [3.05, 3.63) is 58.3 Å². The fourth-order valence-electron chi connectivity index (χ4n) is 2.09. The number of benzene rings is 1. The van der Waals surface area contributed by atoms with Crippen LogP contribution in [0.15, 0.2) is 30.3 Å². The van der Waals surface area contributed by atoms with Gasteiger partial charge >= 0.3 is 12.0 Å². The van der Waals surface area contributed by atoms with Gasteiger partial charge in [-0.1, -0.05) is 11.6 Å². The van der Waals surface area contributed by atoms with Crippen molar-refractivity contribution in [1.29, 1.82) is 0 Å². The van der Waals surface area contributed by atoms with E-state index < -0.39 is 17.8 Å². The number of halogens is 2. The molecule has 0 bridgehead atoms. The van der Waals surface area contributed by atoms with E-state index in [0.29, 0.717) is 17.0 Å². The maximum atomic E-state index is 13.4. The number of pyridine rings is 1. The highest BCUT2D eigenvalue weighted by molar-refractivity contribution is 6.31. The summed E-state index contributed by atoms with van der Waals surface area (Å²) < 4.78 is 23.5. The van der Waals surface area contributed by atoms with Crippen LogP contribution in [-0.4, -0.2) is 24.7 Å². The number of methoxy groups -OCH3 is 1. The van der Waals surface area contributed by atoms with Crippen LogP contribution in [0.5, 0.6) is 5.75 Å². The van der Waals surface area contributed by atoms with Crippen molar-refractivity contribution in [3.63, 3.8) is 0 Å². The van der Waals surface area contributed by atoms with Crippen LogP contribution in [0.1, 0.15) is 18.7 Å². The topological polar surface area (TPSA) is 52.8 Å². The summed E-state index contributed by atoms with van der Waals surface area (Å²) in [4.78, 5) is 19.5. The first kappa shape index (κ1) is 17.7. The molecule has 1 unspecified atom stereocenters. The van der Waals surface area contributed by atoms with Crippen LogP contribution < -0.4 is 4.74 Å². The van der Waals surface area contributed by atoms with E-state index in [1.165, 1.54) is 31.4 Å². The number of carbonyl (C=O) groups excluding carboxylic acids is 1. The number of aromatic nitrogens is 1. The van der Waals surface area contributed by atoms with Gasteiger partial charge < -0.3 is 9.47 Å². The summed E-state index contributed by atoms with van der Waals surface area (Å²) in [6.07, 6.45) is 0. The molecule has 1 heterocycles. The highest BCUT2D eigenvalue weighted by atomic mass is 35.5. The van der Waals surface area contributed by atoms with Crippen molar-refractivity contribution in [3.8, 4) is 17.0 Å². The third kappa shape index (κ3) is 3.63. The number of ether oxygens (including phenoxy) is 2. The minimum atomic E-state index is -1.18. The van der Waals surface area contributed by atoms with Crippen LogP contribution in [0.4, 0.5) is 4.39 Å². The molecule has 7 heteroatoms.